The van der Waals surface area contributed by atoms with Gasteiger partial charge in [0.1, 0.15) is 0 Å². The topological polar surface area (TPSA) is 73.1 Å². The number of sulfone groups is 1. The van der Waals surface area contributed by atoms with Crippen molar-refractivity contribution < 1.29 is 8.42 Å². The van der Waals surface area contributed by atoms with Gasteiger partial charge in [-0.05, 0) is 36.8 Å². The fourth-order valence-corrected chi connectivity index (χ4v) is 3.30. The lowest BCUT2D eigenvalue weighted by Crippen LogP contribution is -2.12. The summed E-state index contributed by atoms with van der Waals surface area (Å²) in [6.45, 7) is 1.84. The highest BCUT2D eigenvalue weighted by atomic mass is 32.2. The number of pyridine rings is 1. The van der Waals surface area contributed by atoms with Crippen molar-refractivity contribution in [3.8, 4) is 0 Å². The molecule has 0 unspecified atom stereocenters. The van der Waals surface area contributed by atoms with Crippen LogP contribution in [0.15, 0.2) is 47.5 Å². The number of nitrogens with zero attached hydrogens (tertiary/aromatic N) is 1. The molecule has 0 aliphatic heterocycles. The number of aromatic nitrogens is 1. The summed E-state index contributed by atoms with van der Waals surface area (Å²) in [5.74, 6) is 0.0116. The first kappa shape index (κ1) is 13.5. The molecule has 0 amide bonds. The maximum Gasteiger partial charge on any atom is 0.180 e. The maximum absolute atomic E-state index is 12.3. The van der Waals surface area contributed by atoms with Crippen LogP contribution in [0.3, 0.4) is 0 Å². The van der Waals surface area contributed by atoms with Crippen LogP contribution >= 0.6 is 0 Å². The van der Waals surface area contributed by atoms with Crippen LogP contribution in [0.1, 0.15) is 11.3 Å². The second-order valence-corrected chi connectivity index (χ2v) is 6.51. The van der Waals surface area contributed by atoms with E-state index in [0.29, 0.717) is 12.1 Å². The average molecular weight is 276 g/mol. The van der Waals surface area contributed by atoms with E-state index in [0.717, 1.165) is 11.3 Å². The fourth-order valence-electron chi connectivity index (χ4n) is 1.81. The van der Waals surface area contributed by atoms with E-state index in [2.05, 4.69) is 4.98 Å². The molecule has 4 nitrogen and oxygen atoms in total. The second kappa shape index (κ2) is 5.40. The molecule has 0 aliphatic rings. The summed E-state index contributed by atoms with van der Waals surface area (Å²) in [5.41, 5.74) is 7.69. The summed E-state index contributed by atoms with van der Waals surface area (Å²) in [6.07, 6.45) is 2.04. The molecule has 2 rings (SSSR count). The van der Waals surface area contributed by atoms with Crippen LogP contribution in [0.5, 0.6) is 0 Å². The molecule has 0 saturated heterocycles. The van der Waals surface area contributed by atoms with Crippen LogP contribution in [-0.2, 0) is 16.3 Å². The van der Waals surface area contributed by atoms with Crippen molar-refractivity contribution in [3.05, 3.63) is 53.9 Å². The predicted molar refractivity (Wildman–Crippen MR) is 75.6 cm³/mol. The van der Waals surface area contributed by atoms with E-state index >= 15 is 0 Å². The lowest BCUT2D eigenvalue weighted by molar-refractivity contribution is 0.595. The number of aryl methyl sites for hydroxylation is 2. The summed E-state index contributed by atoms with van der Waals surface area (Å²) in [4.78, 5) is 4.33. The van der Waals surface area contributed by atoms with Gasteiger partial charge in [-0.2, -0.15) is 0 Å². The molecule has 1 heterocycles. The van der Waals surface area contributed by atoms with Crippen LogP contribution < -0.4 is 5.73 Å². The molecular weight excluding hydrogens is 260 g/mol. The van der Waals surface area contributed by atoms with E-state index in [1.165, 1.54) is 0 Å². The summed E-state index contributed by atoms with van der Waals surface area (Å²) in [6, 6.07) is 10.5. The Balaban J connectivity index is 2.21. The number of rotatable bonds is 4. The van der Waals surface area contributed by atoms with E-state index in [9.17, 15) is 8.42 Å². The van der Waals surface area contributed by atoms with Crippen molar-refractivity contribution in [2.75, 3.05) is 11.5 Å². The molecule has 0 bridgehead atoms. The molecule has 1 aromatic heterocycles. The molecule has 0 atom stereocenters. The Kier molecular flexibility index (Phi) is 3.85. The number of hydrogen-bond donors (Lipinski definition) is 1. The van der Waals surface area contributed by atoms with E-state index in [-0.39, 0.29) is 10.6 Å². The van der Waals surface area contributed by atoms with Gasteiger partial charge in [0.15, 0.2) is 9.84 Å². The van der Waals surface area contributed by atoms with Crippen molar-refractivity contribution in [1.82, 2.24) is 4.98 Å². The summed E-state index contributed by atoms with van der Waals surface area (Å²) < 4.78 is 24.5. The number of benzene rings is 1. The zero-order valence-electron chi connectivity index (χ0n) is 10.7. The van der Waals surface area contributed by atoms with Crippen molar-refractivity contribution in [1.29, 1.82) is 0 Å². The zero-order valence-corrected chi connectivity index (χ0v) is 11.5. The lowest BCUT2D eigenvalue weighted by Gasteiger charge is -2.08. The number of hydrogen-bond acceptors (Lipinski definition) is 4. The molecule has 19 heavy (non-hydrogen) atoms. The molecule has 100 valence electrons. The summed E-state index contributed by atoms with van der Waals surface area (Å²) >= 11 is 0. The van der Waals surface area contributed by atoms with Gasteiger partial charge in [-0.3, -0.25) is 4.98 Å². The first-order valence-electron chi connectivity index (χ1n) is 5.98. The first-order valence-corrected chi connectivity index (χ1v) is 7.63. The standard InChI is InChI=1S/C14H16N2O2S/c1-11-5-6-13(15)14(10-11)19(17,18)9-7-12-4-2-3-8-16-12/h2-6,8,10H,7,9,15H2,1H3. The zero-order chi connectivity index (χ0) is 13.9. The SMILES string of the molecule is Cc1ccc(N)c(S(=O)(=O)CCc2ccccn2)c1. The highest BCUT2D eigenvalue weighted by molar-refractivity contribution is 7.91. The highest BCUT2D eigenvalue weighted by Gasteiger charge is 2.18. The predicted octanol–water partition coefficient (Wildman–Crippen LogP) is 1.99. The Hall–Kier alpha value is -1.88. The van der Waals surface area contributed by atoms with Gasteiger partial charge in [0, 0.05) is 18.3 Å². The average Bonchev–Trinajstić information content (AvgIpc) is 2.40. The quantitative estimate of drug-likeness (QED) is 0.867. The van der Waals surface area contributed by atoms with Gasteiger partial charge >= 0.3 is 0 Å². The van der Waals surface area contributed by atoms with Gasteiger partial charge in [0.25, 0.3) is 0 Å². The Morgan fingerprint density at radius 3 is 2.68 bits per heavy atom. The number of nitrogens with two attached hydrogens (primary N) is 1. The van der Waals surface area contributed by atoms with E-state index < -0.39 is 9.84 Å². The van der Waals surface area contributed by atoms with Crippen LogP contribution in [0.4, 0.5) is 5.69 Å². The Labute approximate surface area is 113 Å². The van der Waals surface area contributed by atoms with Gasteiger partial charge in [-0.1, -0.05) is 12.1 Å². The summed E-state index contributed by atoms with van der Waals surface area (Å²) in [7, 11) is -3.38. The van der Waals surface area contributed by atoms with Crippen molar-refractivity contribution in [2.24, 2.45) is 0 Å². The van der Waals surface area contributed by atoms with E-state index in [4.69, 9.17) is 5.73 Å². The van der Waals surface area contributed by atoms with Crippen LogP contribution in [-0.4, -0.2) is 19.2 Å². The normalized spacial score (nSPS) is 11.4. The van der Waals surface area contributed by atoms with Gasteiger partial charge in [0.05, 0.1) is 16.3 Å². The minimum atomic E-state index is -3.38. The van der Waals surface area contributed by atoms with Crippen LogP contribution in [0, 0.1) is 6.92 Å². The van der Waals surface area contributed by atoms with Crippen LogP contribution in [0.25, 0.3) is 0 Å². The molecular formula is C14H16N2O2S. The van der Waals surface area contributed by atoms with Gasteiger partial charge in [-0.15, -0.1) is 0 Å². The van der Waals surface area contributed by atoms with Gasteiger partial charge in [-0.25, -0.2) is 8.42 Å². The third-order valence-corrected chi connectivity index (χ3v) is 4.62. The van der Waals surface area contributed by atoms with Crippen molar-refractivity contribution >= 4 is 15.5 Å². The van der Waals surface area contributed by atoms with Crippen LogP contribution in [0.2, 0.25) is 0 Å². The van der Waals surface area contributed by atoms with Crippen molar-refractivity contribution in [3.63, 3.8) is 0 Å². The fraction of sp³-hybridized carbons (Fsp3) is 0.214. The molecule has 1 aromatic carbocycles. The van der Waals surface area contributed by atoms with E-state index in [1.807, 2.05) is 19.1 Å². The molecule has 2 aromatic rings. The maximum atomic E-state index is 12.3. The minimum Gasteiger partial charge on any atom is -0.398 e. The second-order valence-electron chi connectivity index (χ2n) is 4.43. The molecule has 2 N–H and O–H groups in total. The minimum absolute atomic E-state index is 0.0116. The third kappa shape index (κ3) is 3.32. The Bertz CT molecular complexity index is 667. The molecule has 5 heteroatoms. The molecule has 0 spiro atoms. The number of nitrogen functional groups attached to an aromatic ring is 1. The molecule has 0 radical (unpaired) electrons. The first-order chi connectivity index (χ1) is 8.99. The Morgan fingerprint density at radius 2 is 2.00 bits per heavy atom. The molecule has 0 fully saturated rings. The number of anilines is 1. The monoisotopic (exact) mass is 276 g/mol. The highest BCUT2D eigenvalue weighted by Crippen LogP contribution is 2.21. The summed E-state index contributed by atoms with van der Waals surface area (Å²) in [5, 5.41) is 0. The Morgan fingerprint density at radius 1 is 1.21 bits per heavy atom. The van der Waals surface area contributed by atoms with Crippen molar-refractivity contribution in [2.45, 2.75) is 18.2 Å². The van der Waals surface area contributed by atoms with Gasteiger partial charge < -0.3 is 5.73 Å². The largest absolute Gasteiger partial charge is 0.398 e. The third-order valence-electron chi connectivity index (χ3n) is 2.86. The van der Waals surface area contributed by atoms with E-state index in [1.54, 1.807) is 30.5 Å². The van der Waals surface area contributed by atoms with Gasteiger partial charge in [0.2, 0.25) is 0 Å². The smallest absolute Gasteiger partial charge is 0.180 e. The lowest BCUT2D eigenvalue weighted by atomic mass is 10.2. The molecule has 0 aliphatic carbocycles. The molecule has 0 saturated carbocycles.